The second-order valence-electron chi connectivity index (χ2n) is 19.7. The zero-order chi connectivity index (χ0) is 69.6. The van der Waals surface area contributed by atoms with E-state index in [1.807, 2.05) is 0 Å². The average molecular weight is 1440 g/mol. The lowest BCUT2D eigenvalue weighted by Gasteiger charge is -2.13. The maximum atomic E-state index is 12.8. The zero-order valence-corrected chi connectivity index (χ0v) is 52.1. The highest BCUT2D eigenvalue weighted by Crippen LogP contribution is 2.49. The summed E-state index contributed by atoms with van der Waals surface area (Å²) in [7, 11) is -36.4. The number of nitrogens with zero attached hydrogens (tertiary/aromatic N) is 8. The predicted molar refractivity (Wildman–Crippen MR) is 333 cm³/mol. The SMILES string of the molecule is Nc1c(S(=O)(=O)O)cc(S(=O)(=O)O)c2ccc(N=Nc3ccc4cc(S(=O)(=O)O)c(N=Nc5ccc(Nc6ccc(N=Nc7c(S(=O)(=O)O)cc8ccc(N=Nc9ccc%10c(S(=O)(=O)O)cc(S(=O)(=O)O)c(N)c%10c9O)cc8c7O)cc6S(=O)(=O)O)cc5)c(O)c4c3)c(O)c12. The lowest BCUT2D eigenvalue weighted by atomic mass is 10.1. The van der Waals surface area contributed by atoms with E-state index in [9.17, 15) is 111 Å². The van der Waals surface area contributed by atoms with Gasteiger partial charge in [-0.1, -0.05) is 24.3 Å². The molecular formula is C52H37N11O25S7. The van der Waals surface area contributed by atoms with Crippen LogP contribution in [0.3, 0.4) is 0 Å². The van der Waals surface area contributed by atoms with E-state index < -0.39 is 189 Å². The summed E-state index contributed by atoms with van der Waals surface area (Å²) in [5.74, 6) is -3.80. The molecule has 43 heteroatoms. The van der Waals surface area contributed by atoms with E-state index in [4.69, 9.17) is 11.5 Å². The zero-order valence-electron chi connectivity index (χ0n) is 46.3. The van der Waals surface area contributed by atoms with Crippen LogP contribution in [0.2, 0.25) is 0 Å². The first-order valence-electron chi connectivity index (χ1n) is 25.3. The van der Waals surface area contributed by atoms with E-state index in [-0.39, 0.29) is 50.0 Å². The maximum Gasteiger partial charge on any atom is 0.296 e. The van der Waals surface area contributed by atoms with Gasteiger partial charge in [0.2, 0.25) is 0 Å². The fourth-order valence-electron chi connectivity index (χ4n) is 9.39. The van der Waals surface area contributed by atoms with Crippen molar-refractivity contribution < 1.29 is 111 Å². The average Bonchev–Trinajstić information content (AvgIpc) is 0.758. The Bertz CT molecular complexity index is 6040. The van der Waals surface area contributed by atoms with E-state index in [1.165, 1.54) is 48.5 Å². The Labute approximate surface area is 532 Å². The van der Waals surface area contributed by atoms with Gasteiger partial charge in [0.25, 0.3) is 70.8 Å². The minimum Gasteiger partial charge on any atom is -0.505 e. The van der Waals surface area contributed by atoms with Crippen LogP contribution in [0, 0.1) is 0 Å². The highest BCUT2D eigenvalue weighted by atomic mass is 32.2. The minimum atomic E-state index is -5.25. The Morgan fingerprint density at radius 1 is 0.295 bits per heavy atom. The number of nitrogen functional groups attached to an aromatic ring is 2. The van der Waals surface area contributed by atoms with Gasteiger partial charge in [0.1, 0.15) is 57.0 Å². The van der Waals surface area contributed by atoms with Crippen molar-refractivity contribution in [1.29, 1.82) is 0 Å². The van der Waals surface area contributed by atoms with Gasteiger partial charge in [-0.2, -0.15) is 79.4 Å². The number of phenolic OH excluding ortho intramolecular Hbond substituents is 4. The summed E-state index contributed by atoms with van der Waals surface area (Å²) >= 11 is 0. The molecule has 0 bridgehead atoms. The molecule has 10 aromatic carbocycles. The number of hydrogen-bond acceptors (Lipinski definition) is 29. The minimum absolute atomic E-state index is 0.0242. The van der Waals surface area contributed by atoms with Crippen LogP contribution in [-0.2, 0) is 70.8 Å². The fourth-order valence-corrected chi connectivity index (χ4v) is 14.2. The quantitative estimate of drug-likeness (QED) is 0.0229. The number of anilines is 4. The van der Waals surface area contributed by atoms with Crippen LogP contribution in [0.15, 0.2) is 203 Å². The third-order valence-corrected chi connectivity index (χ3v) is 19.8. The van der Waals surface area contributed by atoms with E-state index in [0.717, 1.165) is 66.7 Å². The predicted octanol–water partition coefficient (Wildman–Crippen LogP) is 10.4. The molecule has 0 aliphatic heterocycles. The molecule has 0 saturated heterocycles. The molecule has 36 nitrogen and oxygen atoms in total. The van der Waals surface area contributed by atoms with Crippen molar-refractivity contribution in [3.05, 3.63) is 127 Å². The first-order valence-corrected chi connectivity index (χ1v) is 35.3. The van der Waals surface area contributed by atoms with Crippen molar-refractivity contribution in [2.75, 3.05) is 16.8 Å². The van der Waals surface area contributed by atoms with Crippen LogP contribution in [0.4, 0.5) is 68.2 Å². The smallest absolute Gasteiger partial charge is 0.296 e. The van der Waals surface area contributed by atoms with Gasteiger partial charge in [-0.3, -0.25) is 31.9 Å². The van der Waals surface area contributed by atoms with Gasteiger partial charge in [0, 0.05) is 27.2 Å². The summed E-state index contributed by atoms with van der Waals surface area (Å²) in [6.45, 7) is 0. The molecule has 10 aromatic rings. The fraction of sp³-hybridized carbons (Fsp3) is 0. The molecule has 0 radical (unpaired) electrons. The molecular weight excluding hydrogens is 1400 g/mol. The molecule has 492 valence electrons. The lowest BCUT2D eigenvalue weighted by Crippen LogP contribution is -2.08. The third kappa shape index (κ3) is 13.6. The van der Waals surface area contributed by atoms with Crippen molar-refractivity contribution in [1.82, 2.24) is 0 Å². The van der Waals surface area contributed by atoms with Gasteiger partial charge in [0.15, 0.2) is 23.0 Å². The summed E-state index contributed by atoms with van der Waals surface area (Å²) in [4.78, 5) is -7.29. The number of fused-ring (bicyclic) bond motifs is 4. The van der Waals surface area contributed by atoms with E-state index in [2.05, 4.69) is 46.2 Å². The highest BCUT2D eigenvalue weighted by Gasteiger charge is 2.30. The number of nitrogens with two attached hydrogens (primary N) is 2. The number of benzene rings is 10. The van der Waals surface area contributed by atoms with E-state index >= 15 is 0 Å². The van der Waals surface area contributed by atoms with Gasteiger partial charge in [-0.15, -0.1) is 20.5 Å². The van der Waals surface area contributed by atoms with Crippen molar-refractivity contribution >= 4 is 182 Å². The van der Waals surface area contributed by atoms with Crippen molar-refractivity contribution in [2.24, 2.45) is 40.9 Å². The highest BCUT2D eigenvalue weighted by molar-refractivity contribution is 7.88. The molecule has 0 unspecified atom stereocenters. The van der Waals surface area contributed by atoms with Crippen LogP contribution < -0.4 is 16.8 Å². The summed E-state index contributed by atoms with van der Waals surface area (Å²) in [6, 6.07) is 21.5. The Morgan fingerprint density at radius 3 is 1.01 bits per heavy atom. The molecule has 16 N–H and O–H groups in total. The number of rotatable bonds is 17. The molecule has 0 saturated carbocycles. The third-order valence-electron chi connectivity index (χ3n) is 13.6. The Balaban J connectivity index is 0.911. The molecule has 10 rings (SSSR count). The molecule has 0 amide bonds. The van der Waals surface area contributed by atoms with Crippen LogP contribution in [0.25, 0.3) is 43.1 Å². The summed E-state index contributed by atoms with van der Waals surface area (Å²) in [5, 5.41) is 75.9. The van der Waals surface area contributed by atoms with Crippen LogP contribution in [0.1, 0.15) is 0 Å². The summed E-state index contributed by atoms with van der Waals surface area (Å²) < 4.78 is 242. The first kappa shape index (κ1) is 67.5. The molecule has 0 fully saturated rings. The second-order valence-corrected chi connectivity index (χ2v) is 29.4. The van der Waals surface area contributed by atoms with Gasteiger partial charge in [0.05, 0.1) is 50.6 Å². The topological polar surface area (TPSA) is 624 Å². The Kier molecular flexibility index (Phi) is 17.0. The molecule has 0 heterocycles. The molecule has 0 aliphatic carbocycles. The van der Waals surface area contributed by atoms with Crippen LogP contribution in [-0.4, -0.2) is 111 Å². The number of aromatic hydroxyl groups is 4. The normalized spacial score (nSPS) is 13.3. The van der Waals surface area contributed by atoms with Gasteiger partial charge >= 0.3 is 0 Å². The first-order chi connectivity index (χ1) is 44.0. The maximum absolute atomic E-state index is 12.8. The van der Waals surface area contributed by atoms with Gasteiger partial charge in [-0.05, 0) is 114 Å². The largest absolute Gasteiger partial charge is 0.505 e. The van der Waals surface area contributed by atoms with Crippen molar-refractivity contribution in [3.63, 3.8) is 0 Å². The van der Waals surface area contributed by atoms with Crippen molar-refractivity contribution in [3.8, 4) is 23.0 Å². The standard InChI is InChI=1S/C52H37N11O25S7/c53-45-39(92(77,78)79)20-36(89(68,69)70)29-10-13-34(51(66)43(29)45)60-57-26-3-1-22-15-41(94(83,84)85)47(49(64)31(22)17-26)62-56-25-7-5-24(6-8-25)55-33-12-9-28(19-38(33)91(74,75)76)59-63-48-42(95(86,87)88)16-23-2-4-27(18-32(23)50(48)65)58-61-35-14-11-30-37(90(71,72)73)21-40(93(80,81)82)46(54)44(30)52(35)67/h1-21,55,64-67H,53-54H2,(H,68,69,70)(H,71,72,73)(H,74,75,76)(H,77,78,79)(H,80,81,82)(H,83,84,85)(H,86,87,88). The van der Waals surface area contributed by atoms with Crippen LogP contribution >= 0.6 is 0 Å². The van der Waals surface area contributed by atoms with E-state index in [0.29, 0.717) is 12.1 Å². The number of hydrogen-bond donors (Lipinski definition) is 14. The van der Waals surface area contributed by atoms with Crippen LogP contribution in [0.5, 0.6) is 23.0 Å². The van der Waals surface area contributed by atoms with Crippen molar-refractivity contribution in [2.45, 2.75) is 34.3 Å². The number of nitrogens with one attached hydrogen (secondary N) is 1. The Morgan fingerprint density at radius 2 is 0.632 bits per heavy atom. The molecule has 0 aromatic heterocycles. The summed E-state index contributed by atoms with van der Waals surface area (Å²) in [6.07, 6.45) is 0. The molecule has 0 atom stereocenters. The molecule has 0 spiro atoms. The lowest BCUT2D eigenvalue weighted by molar-refractivity contribution is 0.471. The van der Waals surface area contributed by atoms with Gasteiger partial charge in [-0.25, -0.2) is 0 Å². The number of phenols is 4. The van der Waals surface area contributed by atoms with Gasteiger partial charge < -0.3 is 37.2 Å². The molecule has 95 heavy (non-hydrogen) atoms. The number of azo groups is 4. The second kappa shape index (κ2) is 23.9. The molecule has 0 aliphatic rings. The summed E-state index contributed by atoms with van der Waals surface area (Å²) in [5.41, 5.74) is 6.42. The van der Waals surface area contributed by atoms with E-state index in [1.54, 1.807) is 0 Å². The monoisotopic (exact) mass is 1440 g/mol. The Hall–Kier alpha value is -10.4.